The Kier molecular flexibility index (Phi) is 3.99. The topological polar surface area (TPSA) is 58.4 Å². The Hall–Kier alpha value is -1.39. The first-order valence-corrected chi connectivity index (χ1v) is 6.43. The van der Waals surface area contributed by atoms with Crippen LogP contribution in [0.1, 0.15) is 24.1 Å². The minimum atomic E-state index is -0.118. The van der Waals surface area contributed by atoms with Crippen molar-refractivity contribution in [3.05, 3.63) is 35.4 Å². The summed E-state index contributed by atoms with van der Waals surface area (Å²) in [6, 6.07) is 8.35. The van der Waals surface area contributed by atoms with Gasteiger partial charge in [-0.25, -0.2) is 0 Å². The number of aryl methyl sites for hydroxylation is 1. The van der Waals surface area contributed by atoms with E-state index in [2.05, 4.69) is 35.3 Å². The SMILES string of the molecule is Cc1cccc(C(CN)N2CCNC(=O)C2C)c1. The second kappa shape index (κ2) is 5.50. The van der Waals surface area contributed by atoms with E-state index in [0.29, 0.717) is 13.1 Å². The van der Waals surface area contributed by atoms with Gasteiger partial charge in [-0.2, -0.15) is 0 Å². The van der Waals surface area contributed by atoms with Gasteiger partial charge in [0.1, 0.15) is 0 Å². The van der Waals surface area contributed by atoms with E-state index < -0.39 is 0 Å². The second-order valence-corrected chi connectivity index (χ2v) is 4.87. The lowest BCUT2D eigenvalue weighted by Gasteiger charge is -2.38. The first-order chi connectivity index (χ1) is 8.63. The molecule has 0 bridgehead atoms. The molecule has 1 aliphatic heterocycles. The van der Waals surface area contributed by atoms with E-state index in [4.69, 9.17) is 5.73 Å². The number of piperazine rings is 1. The monoisotopic (exact) mass is 247 g/mol. The predicted octanol–water partition coefficient (Wildman–Crippen LogP) is 0.815. The summed E-state index contributed by atoms with van der Waals surface area (Å²) < 4.78 is 0. The fourth-order valence-corrected chi connectivity index (χ4v) is 2.57. The molecule has 1 aliphatic rings. The lowest BCUT2D eigenvalue weighted by atomic mass is 10.0. The summed E-state index contributed by atoms with van der Waals surface area (Å²) in [6.07, 6.45) is 0. The van der Waals surface area contributed by atoms with Crippen LogP contribution in [-0.2, 0) is 4.79 Å². The molecule has 1 aromatic carbocycles. The van der Waals surface area contributed by atoms with Crippen molar-refractivity contribution in [1.29, 1.82) is 0 Å². The minimum Gasteiger partial charge on any atom is -0.353 e. The fraction of sp³-hybridized carbons (Fsp3) is 0.500. The summed E-state index contributed by atoms with van der Waals surface area (Å²) >= 11 is 0. The molecular weight excluding hydrogens is 226 g/mol. The summed E-state index contributed by atoms with van der Waals surface area (Å²) in [4.78, 5) is 13.9. The Morgan fingerprint density at radius 2 is 2.33 bits per heavy atom. The molecular formula is C14H21N3O. The molecule has 4 nitrogen and oxygen atoms in total. The molecule has 0 aromatic heterocycles. The second-order valence-electron chi connectivity index (χ2n) is 4.87. The zero-order valence-corrected chi connectivity index (χ0v) is 11.0. The van der Waals surface area contributed by atoms with Crippen LogP contribution in [-0.4, -0.2) is 36.5 Å². The van der Waals surface area contributed by atoms with Gasteiger partial charge in [0, 0.05) is 25.7 Å². The number of nitrogens with two attached hydrogens (primary N) is 1. The summed E-state index contributed by atoms with van der Waals surface area (Å²) in [5, 5.41) is 2.88. The number of rotatable bonds is 3. The van der Waals surface area contributed by atoms with Crippen LogP contribution < -0.4 is 11.1 Å². The number of benzene rings is 1. The first kappa shape index (κ1) is 13.1. The number of carbonyl (C=O) groups excluding carboxylic acids is 1. The Morgan fingerprint density at radius 3 is 3.00 bits per heavy atom. The first-order valence-electron chi connectivity index (χ1n) is 6.43. The lowest BCUT2D eigenvalue weighted by Crippen LogP contribution is -2.55. The highest BCUT2D eigenvalue weighted by atomic mass is 16.2. The van der Waals surface area contributed by atoms with E-state index in [1.165, 1.54) is 11.1 Å². The van der Waals surface area contributed by atoms with Crippen molar-refractivity contribution in [2.45, 2.75) is 25.9 Å². The average Bonchev–Trinajstić information content (AvgIpc) is 2.35. The van der Waals surface area contributed by atoms with E-state index in [1.54, 1.807) is 0 Å². The molecule has 1 fully saturated rings. The average molecular weight is 247 g/mol. The molecule has 0 spiro atoms. The molecule has 1 aromatic rings. The number of carbonyl (C=O) groups is 1. The number of nitrogens with zero attached hydrogens (tertiary/aromatic N) is 1. The van der Waals surface area contributed by atoms with Crippen molar-refractivity contribution in [3.63, 3.8) is 0 Å². The van der Waals surface area contributed by atoms with Crippen LogP contribution in [0.2, 0.25) is 0 Å². The van der Waals surface area contributed by atoms with E-state index in [1.807, 2.05) is 13.0 Å². The van der Waals surface area contributed by atoms with E-state index in [9.17, 15) is 4.79 Å². The van der Waals surface area contributed by atoms with Crippen LogP contribution in [0.5, 0.6) is 0 Å². The molecule has 2 unspecified atom stereocenters. The zero-order chi connectivity index (χ0) is 13.1. The van der Waals surface area contributed by atoms with Gasteiger partial charge >= 0.3 is 0 Å². The number of nitrogens with one attached hydrogen (secondary N) is 1. The quantitative estimate of drug-likeness (QED) is 0.831. The maximum absolute atomic E-state index is 11.7. The van der Waals surface area contributed by atoms with Crippen molar-refractivity contribution in [1.82, 2.24) is 10.2 Å². The van der Waals surface area contributed by atoms with Gasteiger partial charge in [-0.1, -0.05) is 29.8 Å². The molecule has 1 amide bonds. The van der Waals surface area contributed by atoms with Gasteiger partial charge in [0.2, 0.25) is 5.91 Å². The van der Waals surface area contributed by atoms with Crippen LogP contribution in [0.15, 0.2) is 24.3 Å². The molecule has 3 N–H and O–H groups in total. The van der Waals surface area contributed by atoms with Crippen molar-refractivity contribution in [2.24, 2.45) is 5.73 Å². The van der Waals surface area contributed by atoms with Gasteiger partial charge in [-0.15, -0.1) is 0 Å². The Morgan fingerprint density at radius 1 is 1.56 bits per heavy atom. The molecule has 0 aliphatic carbocycles. The smallest absolute Gasteiger partial charge is 0.237 e. The van der Waals surface area contributed by atoms with E-state index in [0.717, 1.165) is 6.54 Å². The normalized spacial score (nSPS) is 22.6. The highest BCUT2D eigenvalue weighted by Crippen LogP contribution is 2.23. The summed E-state index contributed by atoms with van der Waals surface area (Å²) in [5.74, 6) is 0.0901. The Bertz CT molecular complexity index is 433. The zero-order valence-electron chi connectivity index (χ0n) is 11.0. The van der Waals surface area contributed by atoms with Crippen molar-refractivity contribution >= 4 is 5.91 Å². The molecule has 0 saturated carbocycles. The minimum absolute atomic E-state index is 0.0901. The molecule has 98 valence electrons. The summed E-state index contributed by atoms with van der Waals surface area (Å²) in [7, 11) is 0. The summed E-state index contributed by atoms with van der Waals surface area (Å²) in [5.41, 5.74) is 8.34. The van der Waals surface area contributed by atoms with Gasteiger partial charge in [0.05, 0.1) is 6.04 Å². The highest BCUT2D eigenvalue weighted by molar-refractivity contribution is 5.82. The Balaban J connectivity index is 2.25. The maximum Gasteiger partial charge on any atom is 0.237 e. The van der Waals surface area contributed by atoms with E-state index in [-0.39, 0.29) is 18.0 Å². The molecule has 0 radical (unpaired) electrons. The third-order valence-corrected chi connectivity index (χ3v) is 3.60. The van der Waals surface area contributed by atoms with Crippen molar-refractivity contribution in [3.8, 4) is 0 Å². The van der Waals surface area contributed by atoms with Gasteiger partial charge < -0.3 is 11.1 Å². The van der Waals surface area contributed by atoms with Crippen LogP contribution >= 0.6 is 0 Å². The van der Waals surface area contributed by atoms with Crippen LogP contribution in [0, 0.1) is 6.92 Å². The van der Waals surface area contributed by atoms with Gasteiger partial charge in [-0.05, 0) is 19.4 Å². The van der Waals surface area contributed by atoms with E-state index >= 15 is 0 Å². The largest absolute Gasteiger partial charge is 0.353 e. The molecule has 2 rings (SSSR count). The third-order valence-electron chi connectivity index (χ3n) is 3.60. The molecule has 18 heavy (non-hydrogen) atoms. The predicted molar refractivity (Wildman–Crippen MR) is 72.2 cm³/mol. The van der Waals surface area contributed by atoms with Crippen LogP contribution in [0.25, 0.3) is 0 Å². The van der Waals surface area contributed by atoms with Crippen LogP contribution in [0.4, 0.5) is 0 Å². The Labute approximate surface area is 108 Å². The fourth-order valence-electron chi connectivity index (χ4n) is 2.57. The lowest BCUT2D eigenvalue weighted by molar-refractivity contribution is -0.129. The molecule has 1 heterocycles. The third kappa shape index (κ3) is 2.54. The highest BCUT2D eigenvalue weighted by Gasteiger charge is 2.31. The molecule has 1 saturated heterocycles. The van der Waals surface area contributed by atoms with Gasteiger partial charge in [0.15, 0.2) is 0 Å². The maximum atomic E-state index is 11.7. The van der Waals surface area contributed by atoms with Crippen molar-refractivity contribution in [2.75, 3.05) is 19.6 Å². The van der Waals surface area contributed by atoms with Crippen molar-refractivity contribution < 1.29 is 4.79 Å². The number of amides is 1. The van der Waals surface area contributed by atoms with Gasteiger partial charge in [0.25, 0.3) is 0 Å². The number of hydrogen-bond donors (Lipinski definition) is 2. The standard InChI is InChI=1S/C14H21N3O/c1-10-4-3-5-12(8-10)13(9-15)17-7-6-16-14(18)11(17)2/h3-5,8,11,13H,6-7,9,15H2,1-2H3,(H,16,18). The van der Waals surface area contributed by atoms with Gasteiger partial charge in [-0.3, -0.25) is 9.69 Å². The molecule has 4 heteroatoms. The van der Waals surface area contributed by atoms with Crippen LogP contribution in [0.3, 0.4) is 0 Å². The number of hydrogen-bond acceptors (Lipinski definition) is 3. The summed E-state index contributed by atoms with van der Waals surface area (Å²) in [6.45, 7) is 6.09. The molecule has 2 atom stereocenters.